The average molecular weight is 287 g/mol. The molecule has 0 aliphatic heterocycles. The fraction of sp³-hybridized carbons (Fsp3) is 0.533. The Kier molecular flexibility index (Phi) is 5.48. The molecule has 114 valence electrons. The minimum atomic E-state index is -0.673. The molecule has 0 radical (unpaired) electrons. The van der Waals surface area contributed by atoms with E-state index in [0.717, 1.165) is 6.07 Å². The molecule has 0 aliphatic rings. The second-order valence-electron chi connectivity index (χ2n) is 5.33. The van der Waals surface area contributed by atoms with E-state index in [-0.39, 0.29) is 19.7 Å². The van der Waals surface area contributed by atoms with Gasteiger partial charge in [-0.25, -0.2) is 8.78 Å². The first-order valence-electron chi connectivity index (χ1n) is 6.64. The highest BCUT2D eigenvalue weighted by atomic mass is 19.1. The van der Waals surface area contributed by atoms with Gasteiger partial charge in [0.1, 0.15) is 24.0 Å². The van der Waals surface area contributed by atoms with Crippen LogP contribution in [0.3, 0.4) is 0 Å². The molecule has 0 saturated heterocycles. The zero-order valence-electron chi connectivity index (χ0n) is 12.3. The number of amides is 1. The third-order valence-electron chi connectivity index (χ3n) is 3.31. The highest BCUT2D eigenvalue weighted by Crippen LogP contribution is 2.36. The van der Waals surface area contributed by atoms with Gasteiger partial charge in [-0.2, -0.15) is 0 Å². The molecule has 0 saturated carbocycles. The third kappa shape index (κ3) is 4.18. The molecule has 0 heterocycles. The lowest BCUT2D eigenvalue weighted by Gasteiger charge is -2.26. The number of carbonyl (C=O) groups is 1. The maximum Gasteiger partial charge on any atom is 0.216 e. The van der Waals surface area contributed by atoms with Crippen LogP contribution in [-0.2, 0) is 10.2 Å². The lowest BCUT2D eigenvalue weighted by molar-refractivity contribution is -0.119. The van der Waals surface area contributed by atoms with Crippen LogP contribution in [0.25, 0.3) is 0 Å². The standard InChI is InChI=1S/C15H21F2NO2.H2/c1-5-15(3,4)14-12(17)8-11(16)9-13(14)20-7-6-18-10(2)19;/h8-9H,5-7H2,1-4H3,(H,18,19);1H. The smallest absolute Gasteiger partial charge is 0.216 e. The number of ether oxygens (including phenoxy) is 1. The molecule has 3 nitrogen and oxygen atoms in total. The molecule has 5 heteroatoms. The molecule has 0 unspecified atom stereocenters. The summed E-state index contributed by atoms with van der Waals surface area (Å²) in [5.41, 5.74) is -0.0922. The van der Waals surface area contributed by atoms with Crippen LogP contribution >= 0.6 is 0 Å². The molecule has 0 fully saturated rings. The van der Waals surface area contributed by atoms with Gasteiger partial charge in [-0.15, -0.1) is 0 Å². The summed E-state index contributed by atoms with van der Waals surface area (Å²) in [5, 5.41) is 2.57. The Morgan fingerprint density at radius 1 is 1.40 bits per heavy atom. The predicted molar refractivity (Wildman–Crippen MR) is 76.0 cm³/mol. The van der Waals surface area contributed by atoms with Gasteiger partial charge in [0.15, 0.2) is 0 Å². The number of rotatable bonds is 6. The number of hydrogen-bond donors (Lipinski definition) is 1. The van der Waals surface area contributed by atoms with Crippen LogP contribution in [0, 0.1) is 11.6 Å². The molecule has 20 heavy (non-hydrogen) atoms. The minimum absolute atomic E-state index is 0. The molecule has 0 atom stereocenters. The summed E-state index contributed by atoms with van der Waals surface area (Å²) in [5.74, 6) is -1.26. The van der Waals surface area contributed by atoms with E-state index in [1.54, 1.807) is 0 Å². The van der Waals surface area contributed by atoms with Crippen LogP contribution in [0.5, 0.6) is 5.75 Å². The van der Waals surface area contributed by atoms with Crippen LogP contribution in [0.4, 0.5) is 8.78 Å². The summed E-state index contributed by atoms with van der Waals surface area (Å²) >= 11 is 0. The molecule has 0 aromatic heterocycles. The second-order valence-corrected chi connectivity index (χ2v) is 5.33. The first-order valence-corrected chi connectivity index (χ1v) is 6.64. The van der Waals surface area contributed by atoms with Crippen LogP contribution in [0.2, 0.25) is 0 Å². The van der Waals surface area contributed by atoms with Crippen molar-refractivity contribution in [1.82, 2.24) is 5.32 Å². The SMILES string of the molecule is CCC(C)(C)c1c(F)cc(F)cc1OCCNC(C)=O.[HH]. The van der Waals surface area contributed by atoms with Gasteiger partial charge in [-0.05, 0) is 11.8 Å². The van der Waals surface area contributed by atoms with Crippen LogP contribution in [-0.4, -0.2) is 19.1 Å². The molecule has 1 aromatic rings. The van der Waals surface area contributed by atoms with Gasteiger partial charge in [-0.3, -0.25) is 4.79 Å². The third-order valence-corrected chi connectivity index (χ3v) is 3.31. The summed E-state index contributed by atoms with van der Waals surface area (Å²) in [6.07, 6.45) is 0.692. The summed E-state index contributed by atoms with van der Waals surface area (Å²) in [6, 6.07) is 2.05. The van der Waals surface area contributed by atoms with E-state index in [4.69, 9.17) is 4.74 Å². The highest BCUT2D eigenvalue weighted by Gasteiger charge is 2.27. The Morgan fingerprint density at radius 3 is 2.60 bits per heavy atom. The van der Waals surface area contributed by atoms with Gasteiger partial charge in [-0.1, -0.05) is 20.8 Å². The number of benzene rings is 1. The molecule has 0 aliphatic carbocycles. The molecular formula is C15H23F2NO2. The normalized spacial score (nSPS) is 11.3. The van der Waals surface area contributed by atoms with E-state index in [0.29, 0.717) is 18.5 Å². The van der Waals surface area contributed by atoms with E-state index in [9.17, 15) is 13.6 Å². The molecule has 1 amide bonds. The van der Waals surface area contributed by atoms with Crippen molar-refractivity contribution in [2.75, 3.05) is 13.2 Å². The van der Waals surface area contributed by atoms with Gasteiger partial charge in [0.2, 0.25) is 5.91 Å². The van der Waals surface area contributed by atoms with E-state index in [1.807, 2.05) is 20.8 Å². The summed E-state index contributed by atoms with van der Waals surface area (Å²) in [6.45, 7) is 7.54. The van der Waals surface area contributed by atoms with Crippen molar-refractivity contribution in [1.29, 1.82) is 0 Å². The topological polar surface area (TPSA) is 38.3 Å². The second kappa shape index (κ2) is 6.68. The molecule has 0 bridgehead atoms. The monoisotopic (exact) mass is 287 g/mol. The first kappa shape index (κ1) is 16.4. The molecule has 1 N–H and O–H groups in total. The van der Waals surface area contributed by atoms with E-state index < -0.39 is 17.0 Å². The average Bonchev–Trinajstić information content (AvgIpc) is 2.33. The fourth-order valence-corrected chi connectivity index (χ4v) is 1.89. The van der Waals surface area contributed by atoms with Crippen molar-refractivity contribution in [2.45, 2.75) is 39.5 Å². The zero-order chi connectivity index (χ0) is 15.3. The number of carbonyl (C=O) groups excluding carboxylic acids is 1. The van der Waals surface area contributed by atoms with Gasteiger partial charge < -0.3 is 10.1 Å². The molecule has 0 spiro atoms. The Morgan fingerprint density at radius 2 is 2.05 bits per heavy atom. The van der Waals surface area contributed by atoms with Gasteiger partial charge in [0.25, 0.3) is 0 Å². The molecular weight excluding hydrogens is 264 g/mol. The minimum Gasteiger partial charge on any atom is -0.491 e. The highest BCUT2D eigenvalue weighted by molar-refractivity contribution is 5.72. The predicted octanol–water partition coefficient (Wildman–Crippen LogP) is 3.41. The lowest BCUT2D eigenvalue weighted by Crippen LogP contribution is -2.26. The van der Waals surface area contributed by atoms with Crippen LogP contribution < -0.4 is 10.1 Å². The van der Waals surface area contributed by atoms with Gasteiger partial charge in [0, 0.05) is 26.0 Å². The van der Waals surface area contributed by atoms with Crippen molar-refractivity contribution >= 4 is 5.91 Å². The number of hydrogen-bond acceptors (Lipinski definition) is 2. The summed E-state index contributed by atoms with van der Waals surface area (Å²) in [7, 11) is 0. The van der Waals surface area contributed by atoms with Gasteiger partial charge in [0.05, 0.1) is 6.54 Å². The maximum atomic E-state index is 14.0. The summed E-state index contributed by atoms with van der Waals surface area (Å²) in [4.78, 5) is 10.7. The van der Waals surface area contributed by atoms with E-state index >= 15 is 0 Å². The number of nitrogens with one attached hydrogen (secondary N) is 1. The lowest BCUT2D eigenvalue weighted by atomic mass is 9.81. The van der Waals surface area contributed by atoms with Crippen LogP contribution in [0.15, 0.2) is 12.1 Å². The van der Waals surface area contributed by atoms with Crippen LogP contribution in [0.1, 0.15) is 41.1 Å². The Balaban J connectivity index is 0.00000400. The largest absolute Gasteiger partial charge is 0.491 e. The molecule has 1 aromatic carbocycles. The van der Waals surface area contributed by atoms with Crippen molar-refractivity contribution in [3.05, 3.63) is 29.3 Å². The van der Waals surface area contributed by atoms with E-state index in [2.05, 4.69) is 5.32 Å². The summed E-state index contributed by atoms with van der Waals surface area (Å²) < 4.78 is 32.8. The van der Waals surface area contributed by atoms with E-state index in [1.165, 1.54) is 13.0 Å². The molecule has 1 rings (SSSR count). The van der Waals surface area contributed by atoms with Crippen molar-refractivity contribution in [3.8, 4) is 5.75 Å². The van der Waals surface area contributed by atoms with Crippen molar-refractivity contribution in [3.63, 3.8) is 0 Å². The Labute approximate surface area is 119 Å². The van der Waals surface area contributed by atoms with Gasteiger partial charge >= 0.3 is 0 Å². The zero-order valence-corrected chi connectivity index (χ0v) is 12.3. The number of halogens is 2. The maximum absolute atomic E-state index is 14.0. The Bertz CT molecular complexity index is 493. The Hall–Kier alpha value is -1.65. The quantitative estimate of drug-likeness (QED) is 0.814. The first-order chi connectivity index (χ1) is 9.27. The fourth-order valence-electron chi connectivity index (χ4n) is 1.89. The van der Waals surface area contributed by atoms with Crippen molar-refractivity contribution in [2.24, 2.45) is 0 Å². The van der Waals surface area contributed by atoms with Crippen molar-refractivity contribution < 1.29 is 19.7 Å².